The standard InChI is InChI=1S/C52H85N3O17P2/c1-3-5-7-9-11-13-15-17-18-19-20-21-23-25-27-29-31-35-48(59)70-42(39-67-47(58)36-32-34-44(57)43(56)33-30-28-26-24-22-16-14-12-10-8-6-4-2)40-68-73(63,64)72-74(65,66)69-41-45-49(60)50(61)51(71-45)55-38-37-46(53)54-52(55)62/h6,8,11-14,17-18,22,24,28,30,37-38,42-45,49-51,56-57,60-61H,3-5,7,9-10,15-16,19-21,23,25-27,29,31-36,39-41H2,1-2H3,(H,63,64)(H,65,66)(H2,53,54,62)/b8-6-,13-11-,14-12-,18-17-,24-22-,30-28-/t42-,43+,44+,45-,49-,50-,51-/m1/s1. The Morgan fingerprint density at radius 1 is 0.716 bits per heavy atom. The average molecular weight is 1090 g/mol. The number of hydrogen-bond donors (Lipinski definition) is 7. The van der Waals surface area contributed by atoms with E-state index < -0.39 is 95.9 Å². The van der Waals surface area contributed by atoms with Crippen molar-refractivity contribution in [2.24, 2.45) is 0 Å². The van der Waals surface area contributed by atoms with E-state index in [1.165, 1.54) is 25.3 Å². The molecule has 1 saturated heterocycles. The summed E-state index contributed by atoms with van der Waals surface area (Å²) in [6.07, 6.45) is 32.8. The van der Waals surface area contributed by atoms with Crippen LogP contribution in [0.3, 0.4) is 0 Å². The lowest BCUT2D eigenvalue weighted by atomic mass is 10.0. The zero-order valence-electron chi connectivity index (χ0n) is 43.3. The highest BCUT2D eigenvalue weighted by Gasteiger charge is 2.46. The molecule has 0 aromatic carbocycles. The van der Waals surface area contributed by atoms with Gasteiger partial charge < -0.3 is 50.2 Å². The number of aromatic nitrogens is 2. The van der Waals surface area contributed by atoms with Gasteiger partial charge in [-0.25, -0.2) is 13.9 Å². The molecule has 8 N–H and O–H groups in total. The Morgan fingerprint density at radius 3 is 1.89 bits per heavy atom. The van der Waals surface area contributed by atoms with Gasteiger partial charge in [-0.1, -0.05) is 132 Å². The van der Waals surface area contributed by atoms with Crippen molar-refractivity contribution in [2.45, 2.75) is 198 Å². The van der Waals surface area contributed by atoms with Gasteiger partial charge in [-0.05, 0) is 89.5 Å². The van der Waals surface area contributed by atoms with Gasteiger partial charge in [0, 0.05) is 19.0 Å². The van der Waals surface area contributed by atoms with Gasteiger partial charge in [-0.15, -0.1) is 0 Å². The lowest BCUT2D eigenvalue weighted by molar-refractivity contribution is -0.161. The molecule has 420 valence electrons. The summed E-state index contributed by atoms with van der Waals surface area (Å²) in [6.45, 7) is 1.72. The van der Waals surface area contributed by atoms with Crippen LogP contribution in [0.15, 0.2) is 90.0 Å². The molecule has 0 aliphatic carbocycles. The molecule has 1 aromatic rings. The van der Waals surface area contributed by atoms with E-state index in [9.17, 15) is 53.7 Å². The average Bonchev–Trinajstić information content (AvgIpc) is 3.63. The molecular formula is C52H85N3O17P2. The van der Waals surface area contributed by atoms with E-state index in [1.54, 1.807) is 6.08 Å². The first-order valence-corrected chi connectivity index (χ1v) is 29.1. The molecule has 9 atom stereocenters. The summed E-state index contributed by atoms with van der Waals surface area (Å²) in [5.41, 5.74) is 4.56. The number of nitrogen functional groups attached to an aromatic ring is 1. The lowest BCUT2D eigenvalue weighted by Crippen LogP contribution is -2.36. The molecule has 74 heavy (non-hydrogen) atoms. The maximum atomic E-state index is 12.9. The maximum absolute atomic E-state index is 12.9. The van der Waals surface area contributed by atoms with E-state index in [4.69, 9.17) is 29.0 Å². The summed E-state index contributed by atoms with van der Waals surface area (Å²) in [6, 6.07) is 1.23. The van der Waals surface area contributed by atoms with Crippen LogP contribution in [0.4, 0.5) is 5.82 Å². The van der Waals surface area contributed by atoms with Crippen LogP contribution >= 0.6 is 15.6 Å². The Kier molecular flexibility index (Phi) is 35.3. The molecule has 0 amide bonds. The number of ether oxygens (including phenoxy) is 3. The third kappa shape index (κ3) is 31.2. The number of nitrogens with zero attached hydrogens (tertiary/aromatic N) is 2. The first-order valence-electron chi connectivity index (χ1n) is 26.1. The highest BCUT2D eigenvalue weighted by Crippen LogP contribution is 2.60. The van der Waals surface area contributed by atoms with Crippen LogP contribution < -0.4 is 11.4 Å². The van der Waals surface area contributed by atoms with Crippen molar-refractivity contribution in [1.29, 1.82) is 0 Å². The second-order valence-electron chi connectivity index (χ2n) is 17.9. The number of unbranched alkanes of at least 4 members (excludes halogenated alkanes) is 10. The van der Waals surface area contributed by atoms with Crippen molar-refractivity contribution >= 4 is 33.4 Å². The van der Waals surface area contributed by atoms with Gasteiger partial charge in [0.25, 0.3) is 0 Å². The van der Waals surface area contributed by atoms with Crippen molar-refractivity contribution in [3.05, 3.63) is 95.7 Å². The number of carbonyl (C=O) groups is 2. The predicted molar refractivity (Wildman–Crippen MR) is 282 cm³/mol. The van der Waals surface area contributed by atoms with Crippen molar-refractivity contribution in [3.63, 3.8) is 0 Å². The molecule has 0 saturated carbocycles. The second-order valence-corrected chi connectivity index (χ2v) is 21.0. The fourth-order valence-corrected chi connectivity index (χ4v) is 9.42. The molecule has 22 heteroatoms. The number of carbonyl (C=O) groups excluding carboxylic acids is 2. The van der Waals surface area contributed by atoms with Crippen molar-refractivity contribution in [3.8, 4) is 0 Å². The van der Waals surface area contributed by atoms with Crippen LogP contribution in [-0.2, 0) is 46.3 Å². The molecule has 0 spiro atoms. The smallest absolute Gasteiger partial charge is 0.462 e. The van der Waals surface area contributed by atoms with Crippen LogP contribution in [0.25, 0.3) is 0 Å². The molecule has 1 aromatic heterocycles. The fourth-order valence-electron chi connectivity index (χ4n) is 7.31. The largest absolute Gasteiger partial charge is 0.481 e. The maximum Gasteiger partial charge on any atom is 0.481 e. The van der Waals surface area contributed by atoms with E-state index in [1.807, 2.05) is 18.2 Å². The first-order chi connectivity index (χ1) is 35.5. The Bertz CT molecular complexity index is 2060. The second kappa shape index (κ2) is 39.5. The monoisotopic (exact) mass is 1090 g/mol. The summed E-state index contributed by atoms with van der Waals surface area (Å²) >= 11 is 0. The van der Waals surface area contributed by atoms with Gasteiger partial charge >= 0.3 is 33.3 Å². The summed E-state index contributed by atoms with van der Waals surface area (Å²) in [5.74, 6) is -1.61. The highest BCUT2D eigenvalue weighted by atomic mass is 31.3. The number of rotatable bonds is 42. The number of nitrogens with two attached hydrogens (primary N) is 1. The van der Waals surface area contributed by atoms with E-state index in [-0.39, 0.29) is 37.9 Å². The van der Waals surface area contributed by atoms with E-state index >= 15 is 0 Å². The van der Waals surface area contributed by atoms with Gasteiger partial charge in [0.1, 0.15) is 30.7 Å². The minimum Gasteiger partial charge on any atom is -0.462 e. The number of allylic oxidation sites excluding steroid dienone is 11. The van der Waals surface area contributed by atoms with Gasteiger partial charge in [0.05, 0.1) is 25.4 Å². The van der Waals surface area contributed by atoms with Gasteiger partial charge in [-0.2, -0.15) is 9.29 Å². The number of aliphatic hydroxyl groups is 4. The number of esters is 2. The Hall–Kier alpha value is -3.88. The van der Waals surface area contributed by atoms with Crippen LogP contribution in [-0.4, -0.2) is 108 Å². The quantitative estimate of drug-likeness (QED) is 0.0139. The van der Waals surface area contributed by atoms with Crippen LogP contribution in [0.2, 0.25) is 0 Å². The summed E-state index contributed by atoms with van der Waals surface area (Å²) in [5, 5.41) is 41.8. The van der Waals surface area contributed by atoms with Crippen LogP contribution in [0.1, 0.15) is 161 Å². The fraction of sp³-hybridized carbons (Fsp3) is 0.654. The molecule has 2 heterocycles. The molecule has 20 nitrogen and oxygen atoms in total. The molecule has 0 radical (unpaired) electrons. The lowest BCUT2D eigenvalue weighted by Gasteiger charge is -2.21. The van der Waals surface area contributed by atoms with Crippen molar-refractivity contribution in [2.75, 3.05) is 25.6 Å². The van der Waals surface area contributed by atoms with E-state index in [0.717, 1.165) is 87.8 Å². The number of anilines is 1. The van der Waals surface area contributed by atoms with Gasteiger partial charge in [0.15, 0.2) is 12.3 Å². The Balaban J connectivity index is 1.86. The van der Waals surface area contributed by atoms with Crippen molar-refractivity contribution in [1.82, 2.24) is 9.55 Å². The third-order valence-corrected chi connectivity index (χ3v) is 14.1. The molecular weight excluding hydrogens is 1000 g/mol. The minimum absolute atomic E-state index is 0.0233. The number of phosphoric acid groups is 2. The molecule has 2 rings (SSSR count). The molecule has 2 unspecified atom stereocenters. The van der Waals surface area contributed by atoms with E-state index in [2.05, 4.69) is 71.8 Å². The van der Waals surface area contributed by atoms with Crippen LogP contribution in [0.5, 0.6) is 0 Å². The Labute approximate surface area is 437 Å². The van der Waals surface area contributed by atoms with Gasteiger partial charge in [0.2, 0.25) is 0 Å². The zero-order chi connectivity index (χ0) is 54.5. The van der Waals surface area contributed by atoms with E-state index in [0.29, 0.717) is 12.8 Å². The van der Waals surface area contributed by atoms with Crippen molar-refractivity contribution < 1.29 is 76.5 Å². The normalized spacial score (nSPS) is 20.3. The molecule has 1 fully saturated rings. The number of hydrogen-bond acceptors (Lipinski definition) is 17. The molecule has 0 bridgehead atoms. The van der Waals surface area contributed by atoms with Crippen LogP contribution in [0, 0.1) is 0 Å². The SMILES string of the molecule is CC/C=C\C/C=C\C/C=C\C/C=C\C[C@H](O)[C@@H](O)CCCC(=O)OC[C@H](COP(=O)(O)OP(=O)(O)OC[C@H]1O[C@@H](n2ccc(N)nc2=O)[C@H](O)[C@@H]1O)OC(=O)CCCCCCCCC/C=C\C/C=C\CCCCC. The highest BCUT2D eigenvalue weighted by molar-refractivity contribution is 7.61. The first kappa shape index (κ1) is 66.2. The summed E-state index contributed by atoms with van der Waals surface area (Å²) in [4.78, 5) is 62.0. The molecule has 1 aliphatic heterocycles. The third-order valence-electron chi connectivity index (χ3n) is 11.5. The summed E-state index contributed by atoms with van der Waals surface area (Å²) in [7, 11) is -11.0. The number of phosphoric ester groups is 2. The minimum atomic E-state index is -5.49. The topological polar surface area (TPSA) is 306 Å². The number of aliphatic hydroxyl groups excluding tert-OH is 4. The summed E-state index contributed by atoms with van der Waals surface area (Å²) < 4.78 is 56.6. The Morgan fingerprint density at radius 2 is 1.27 bits per heavy atom. The van der Waals surface area contributed by atoms with Gasteiger partial charge in [-0.3, -0.25) is 23.2 Å². The predicted octanol–water partition coefficient (Wildman–Crippen LogP) is 8.83. The zero-order valence-corrected chi connectivity index (χ0v) is 45.1. The molecule has 1 aliphatic rings.